The van der Waals surface area contributed by atoms with Gasteiger partial charge in [-0.15, -0.1) is 0 Å². The second-order valence-electron chi connectivity index (χ2n) is 11.5. The predicted molar refractivity (Wildman–Crippen MR) is 161 cm³/mol. The highest BCUT2D eigenvalue weighted by Gasteiger charge is 2.33. The van der Waals surface area contributed by atoms with Crippen molar-refractivity contribution in [3.63, 3.8) is 0 Å². The van der Waals surface area contributed by atoms with Crippen LogP contribution in [0.5, 0.6) is 6.01 Å². The molecular formula is C32H40N6O3. The summed E-state index contributed by atoms with van der Waals surface area (Å²) < 4.78 is 6.31. The molecule has 0 spiro atoms. The molecule has 0 saturated carbocycles. The van der Waals surface area contributed by atoms with Crippen molar-refractivity contribution in [1.29, 1.82) is 0 Å². The van der Waals surface area contributed by atoms with E-state index in [1.165, 1.54) is 29.0 Å². The third-order valence-corrected chi connectivity index (χ3v) is 8.75. The first kappa shape index (κ1) is 27.5. The van der Waals surface area contributed by atoms with Gasteiger partial charge in [-0.25, -0.2) is 0 Å². The lowest BCUT2D eigenvalue weighted by Crippen LogP contribution is -2.57. The molecule has 4 heterocycles. The van der Waals surface area contributed by atoms with Crippen LogP contribution in [-0.2, 0) is 17.8 Å². The summed E-state index contributed by atoms with van der Waals surface area (Å²) in [4.78, 5) is 31.0. The number of aliphatic hydroxyl groups is 1. The molecule has 1 amide bonds. The summed E-state index contributed by atoms with van der Waals surface area (Å²) in [6, 6.07) is 15.1. The first-order valence-corrected chi connectivity index (χ1v) is 14.8. The van der Waals surface area contributed by atoms with Gasteiger partial charge in [0.1, 0.15) is 5.82 Å². The van der Waals surface area contributed by atoms with Gasteiger partial charge in [-0.05, 0) is 50.4 Å². The summed E-state index contributed by atoms with van der Waals surface area (Å²) in [6.45, 7) is 9.41. The maximum absolute atomic E-state index is 12.4. The number of piperazine rings is 1. The van der Waals surface area contributed by atoms with E-state index in [2.05, 4.69) is 70.8 Å². The Bertz CT molecular complexity index is 1410. The molecule has 3 aliphatic rings. The number of anilines is 2. The molecule has 1 aromatic heterocycles. The molecule has 3 aliphatic heterocycles. The molecule has 2 atom stereocenters. The molecular weight excluding hydrogens is 516 g/mol. The first-order valence-electron chi connectivity index (χ1n) is 14.8. The van der Waals surface area contributed by atoms with E-state index in [0.717, 1.165) is 49.6 Å². The van der Waals surface area contributed by atoms with Crippen LogP contribution in [0.1, 0.15) is 24.1 Å². The monoisotopic (exact) mass is 556 g/mol. The molecule has 2 fully saturated rings. The third kappa shape index (κ3) is 5.74. The molecule has 9 nitrogen and oxygen atoms in total. The third-order valence-electron chi connectivity index (χ3n) is 8.75. The fraction of sp³-hybridized carbons (Fsp3) is 0.469. The second-order valence-corrected chi connectivity index (χ2v) is 11.5. The highest BCUT2D eigenvalue weighted by molar-refractivity contribution is 5.94. The highest BCUT2D eigenvalue weighted by atomic mass is 16.5. The van der Waals surface area contributed by atoms with Crippen molar-refractivity contribution >= 4 is 28.2 Å². The van der Waals surface area contributed by atoms with Gasteiger partial charge in [0.25, 0.3) is 0 Å². The Morgan fingerprint density at radius 2 is 1.93 bits per heavy atom. The van der Waals surface area contributed by atoms with Crippen LogP contribution in [0.4, 0.5) is 11.5 Å². The second kappa shape index (κ2) is 12.0. The Morgan fingerprint density at radius 1 is 1.07 bits per heavy atom. The average molecular weight is 557 g/mol. The normalized spacial score (nSPS) is 21.6. The standard InChI is InChI=1S/C32H40N6O3/c1-3-30(40)38-17-16-37(19-25(38)21-39)31-27-13-15-36(29-12-6-10-24-9-4-5-11-26(24)29)20-28(27)33-32(34-31)41-22-23-8-7-14-35(2)18-23/h3-6,9-12,23,25,39H,1,7-8,13-22H2,2H3/t23-,25?/m0/s1. The number of aliphatic hydroxyl groups excluding tert-OH is 1. The summed E-state index contributed by atoms with van der Waals surface area (Å²) in [5.41, 5.74) is 3.32. The van der Waals surface area contributed by atoms with E-state index in [9.17, 15) is 9.90 Å². The highest BCUT2D eigenvalue weighted by Crippen LogP contribution is 2.34. The summed E-state index contributed by atoms with van der Waals surface area (Å²) in [5, 5.41) is 12.6. The minimum atomic E-state index is -0.321. The van der Waals surface area contributed by atoms with Crippen LogP contribution in [0.25, 0.3) is 10.8 Å². The SMILES string of the molecule is C=CC(=O)N1CCN(c2nc(OC[C@H]3CCCN(C)C3)nc3c2CCN(c2cccc4ccccc24)C3)CC1CO. The fourth-order valence-corrected chi connectivity index (χ4v) is 6.62. The van der Waals surface area contributed by atoms with Crippen LogP contribution in [0.2, 0.25) is 0 Å². The Morgan fingerprint density at radius 3 is 2.76 bits per heavy atom. The van der Waals surface area contributed by atoms with Gasteiger partial charge in [0.15, 0.2) is 0 Å². The maximum Gasteiger partial charge on any atom is 0.318 e. The van der Waals surface area contributed by atoms with E-state index in [-0.39, 0.29) is 18.6 Å². The maximum atomic E-state index is 12.4. The van der Waals surface area contributed by atoms with Crippen molar-refractivity contribution in [3.05, 3.63) is 66.4 Å². The molecule has 2 aromatic carbocycles. The van der Waals surface area contributed by atoms with Crippen molar-refractivity contribution in [2.45, 2.75) is 31.8 Å². The summed E-state index contributed by atoms with van der Waals surface area (Å²) in [7, 11) is 2.16. The van der Waals surface area contributed by atoms with E-state index in [0.29, 0.717) is 44.7 Å². The van der Waals surface area contributed by atoms with Gasteiger partial charge in [-0.1, -0.05) is 43.0 Å². The molecule has 0 bridgehead atoms. The topological polar surface area (TPSA) is 85.3 Å². The zero-order chi connectivity index (χ0) is 28.3. The Labute approximate surface area is 242 Å². The molecule has 1 N–H and O–H groups in total. The van der Waals surface area contributed by atoms with Crippen molar-refractivity contribution in [3.8, 4) is 6.01 Å². The quantitative estimate of drug-likeness (QED) is 0.445. The van der Waals surface area contributed by atoms with Crippen LogP contribution >= 0.6 is 0 Å². The van der Waals surface area contributed by atoms with E-state index in [1.54, 1.807) is 4.90 Å². The molecule has 9 heteroatoms. The van der Waals surface area contributed by atoms with Crippen LogP contribution in [0.15, 0.2) is 55.1 Å². The Kier molecular flexibility index (Phi) is 8.07. The van der Waals surface area contributed by atoms with Crippen LogP contribution < -0.4 is 14.5 Å². The fourth-order valence-electron chi connectivity index (χ4n) is 6.62. The number of amides is 1. The van der Waals surface area contributed by atoms with Crippen LogP contribution in [0.3, 0.4) is 0 Å². The van der Waals surface area contributed by atoms with Gasteiger partial charge >= 0.3 is 6.01 Å². The number of aromatic nitrogens is 2. The minimum Gasteiger partial charge on any atom is -0.463 e. The van der Waals surface area contributed by atoms with E-state index >= 15 is 0 Å². The number of piperidine rings is 1. The zero-order valence-electron chi connectivity index (χ0n) is 23.9. The predicted octanol–water partition coefficient (Wildman–Crippen LogP) is 3.11. The molecule has 0 aliphatic carbocycles. The molecule has 0 radical (unpaired) electrons. The molecule has 1 unspecified atom stereocenters. The Hall–Kier alpha value is -3.69. The molecule has 41 heavy (non-hydrogen) atoms. The number of hydrogen-bond donors (Lipinski definition) is 1. The van der Waals surface area contributed by atoms with Gasteiger partial charge in [0.2, 0.25) is 5.91 Å². The van der Waals surface area contributed by atoms with Gasteiger partial charge in [-0.2, -0.15) is 9.97 Å². The first-order chi connectivity index (χ1) is 20.0. The minimum absolute atomic E-state index is 0.114. The summed E-state index contributed by atoms with van der Waals surface area (Å²) in [6.07, 6.45) is 4.45. The number of hydrogen-bond acceptors (Lipinski definition) is 8. The van der Waals surface area contributed by atoms with Crippen molar-refractivity contribution in [2.75, 3.05) is 69.3 Å². The van der Waals surface area contributed by atoms with Crippen molar-refractivity contribution < 1.29 is 14.6 Å². The lowest BCUT2D eigenvalue weighted by molar-refractivity contribution is -0.129. The number of nitrogens with zero attached hydrogens (tertiary/aromatic N) is 6. The largest absolute Gasteiger partial charge is 0.463 e. The van der Waals surface area contributed by atoms with Crippen molar-refractivity contribution in [2.24, 2.45) is 5.92 Å². The number of rotatable bonds is 7. The van der Waals surface area contributed by atoms with E-state index in [1.807, 2.05) is 0 Å². The van der Waals surface area contributed by atoms with Crippen molar-refractivity contribution in [1.82, 2.24) is 19.8 Å². The lowest BCUT2D eigenvalue weighted by atomic mass is 10.00. The average Bonchev–Trinajstić information content (AvgIpc) is 3.02. The number of fused-ring (bicyclic) bond motifs is 2. The van der Waals surface area contributed by atoms with E-state index < -0.39 is 0 Å². The van der Waals surface area contributed by atoms with E-state index in [4.69, 9.17) is 14.7 Å². The number of carbonyl (C=O) groups excluding carboxylic acids is 1. The summed E-state index contributed by atoms with van der Waals surface area (Å²) in [5.74, 6) is 1.17. The number of benzene rings is 2. The number of likely N-dealkylation sites (tertiary alicyclic amines) is 1. The van der Waals surface area contributed by atoms with Crippen LogP contribution in [0, 0.1) is 5.92 Å². The molecule has 3 aromatic rings. The molecule has 216 valence electrons. The van der Waals surface area contributed by atoms with Gasteiger partial charge in [0, 0.05) is 55.3 Å². The lowest BCUT2D eigenvalue weighted by Gasteiger charge is -2.42. The van der Waals surface area contributed by atoms with Gasteiger partial charge in [-0.3, -0.25) is 4.79 Å². The molecule has 2 saturated heterocycles. The van der Waals surface area contributed by atoms with Gasteiger partial charge in [0.05, 0.1) is 31.5 Å². The summed E-state index contributed by atoms with van der Waals surface area (Å²) >= 11 is 0. The smallest absolute Gasteiger partial charge is 0.318 e. The van der Waals surface area contributed by atoms with Gasteiger partial charge < -0.3 is 29.4 Å². The van der Waals surface area contributed by atoms with Crippen LogP contribution in [-0.4, -0.2) is 96.4 Å². The Balaban J connectivity index is 1.31. The number of carbonyl (C=O) groups is 1. The number of ether oxygens (including phenoxy) is 1. The zero-order valence-corrected chi connectivity index (χ0v) is 23.9. The molecule has 6 rings (SSSR count).